The van der Waals surface area contributed by atoms with Crippen LogP contribution in [0.4, 0.5) is 0 Å². The van der Waals surface area contributed by atoms with Crippen molar-refractivity contribution in [1.82, 2.24) is 19.9 Å². The number of imidazole rings is 1. The molecule has 0 fully saturated rings. The first-order valence-corrected chi connectivity index (χ1v) is 6.30. The summed E-state index contributed by atoms with van der Waals surface area (Å²) in [5.41, 5.74) is 0.870. The van der Waals surface area contributed by atoms with E-state index in [1.54, 1.807) is 6.33 Å². The summed E-state index contributed by atoms with van der Waals surface area (Å²) >= 11 is 1.39. The first-order valence-electron chi connectivity index (χ1n) is 5.31. The molecule has 0 aliphatic heterocycles. The van der Waals surface area contributed by atoms with Crippen molar-refractivity contribution in [3.05, 3.63) is 41.0 Å². The Morgan fingerprint density at radius 3 is 3.11 bits per heavy atom. The van der Waals surface area contributed by atoms with Gasteiger partial charge in [0.15, 0.2) is 11.4 Å². The lowest BCUT2D eigenvalue weighted by Crippen LogP contribution is -1.99. The zero-order valence-corrected chi connectivity index (χ0v) is 10.3. The van der Waals surface area contributed by atoms with E-state index in [4.69, 9.17) is 9.52 Å². The van der Waals surface area contributed by atoms with Crippen molar-refractivity contribution in [2.45, 2.75) is 10.8 Å². The van der Waals surface area contributed by atoms with Crippen molar-refractivity contribution in [2.24, 2.45) is 0 Å². The van der Waals surface area contributed by atoms with Crippen LogP contribution in [0.1, 0.15) is 5.76 Å². The molecule has 0 spiro atoms. The minimum Gasteiger partial charge on any atom is -0.502 e. The minimum atomic E-state index is -0.462. The number of aromatic amines is 1. The average molecular weight is 276 g/mol. The van der Waals surface area contributed by atoms with Crippen LogP contribution in [0, 0.1) is 0 Å². The lowest BCUT2D eigenvalue weighted by molar-refractivity contribution is 0.419. The predicted octanol–water partition coefficient (Wildman–Crippen LogP) is 1.30. The predicted molar refractivity (Wildman–Crippen MR) is 67.9 cm³/mol. The molecule has 7 nitrogen and oxygen atoms in total. The van der Waals surface area contributed by atoms with Gasteiger partial charge >= 0.3 is 0 Å². The maximum absolute atomic E-state index is 11.3. The molecule has 3 rings (SSSR count). The van der Waals surface area contributed by atoms with Crippen molar-refractivity contribution in [3.63, 3.8) is 0 Å². The molecule has 0 radical (unpaired) electrons. The molecule has 2 N–H and O–H groups in total. The van der Waals surface area contributed by atoms with Crippen LogP contribution in [0.5, 0.6) is 5.75 Å². The summed E-state index contributed by atoms with van der Waals surface area (Å²) in [6, 6.07) is 1.26. The van der Waals surface area contributed by atoms with E-state index in [1.807, 2.05) is 0 Å². The molecule has 3 heterocycles. The molecule has 0 aliphatic carbocycles. The number of hydrogen-bond acceptors (Lipinski definition) is 7. The topological polar surface area (TPSA) is 105 Å². The standard InChI is InChI=1S/C11H8N4O3S/c16-7-1-6(18-2-8(7)17)3-19-11-9-10(13-4-12-9)14-5-15-11/h1-2,4-5,17H,3H2,(H,12,13,14,15). The highest BCUT2D eigenvalue weighted by Gasteiger charge is 2.08. The Bertz CT molecular complexity index is 783. The first-order chi connectivity index (χ1) is 9.24. The van der Waals surface area contributed by atoms with Gasteiger partial charge in [-0.05, 0) is 0 Å². The SMILES string of the molecule is O=c1cc(CSc2ncnc3nc[nH]c23)occ1O. The van der Waals surface area contributed by atoms with Crippen molar-refractivity contribution < 1.29 is 9.52 Å². The summed E-state index contributed by atoms with van der Waals surface area (Å²) in [5, 5.41) is 9.82. The summed E-state index contributed by atoms with van der Waals surface area (Å²) in [6.07, 6.45) is 4.01. The Hall–Kier alpha value is -2.35. The molecule has 3 aromatic rings. The van der Waals surface area contributed by atoms with E-state index in [2.05, 4.69) is 19.9 Å². The van der Waals surface area contributed by atoms with Gasteiger partial charge in [0.2, 0.25) is 5.43 Å². The molecule has 3 aromatic heterocycles. The van der Waals surface area contributed by atoms with Crippen LogP contribution < -0.4 is 5.43 Å². The van der Waals surface area contributed by atoms with Gasteiger partial charge in [-0.1, -0.05) is 11.8 Å². The Morgan fingerprint density at radius 2 is 2.26 bits per heavy atom. The number of H-pyrrole nitrogens is 1. The Kier molecular flexibility index (Phi) is 2.92. The van der Waals surface area contributed by atoms with Gasteiger partial charge in [-0.25, -0.2) is 15.0 Å². The van der Waals surface area contributed by atoms with Gasteiger partial charge in [0.05, 0.1) is 12.1 Å². The van der Waals surface area contributed by atoms with Crippen molar-refractivity contribution in [3.8, 4) is 5.75 Å². The number of rotatable bonds is 3. The van der Waals surface area contributed by atoms with Crippen LogP contribution in [0.2, 0.25) is 0 Å². The highest BCUT2D eigenvalue weighted by molar-refractivity contribution is 7.98. The van der Waals surface area contributed by atoms with E-state index in [1.165, 1.54) is 24.2 Å². The van der Waals surface area contributed by atoms with Crippen LogP contribution in [0.15, 0.2) is 39.2 Å². The van der Waals surface area contributed by atoms with E-state index in [0.29, 0.717) is 17.2 Å². The fourth-order valence-electron chi connectivity index (χ4n) is 1.51. The van der Waals surface area contributed by atoms with Crippen LogP contribution in [0.25, 0.3) is 11.2 Å². The van der Waals surface area contributed by atoms with Gasteiger partial charge in [0.1, 0.15) is 28.9 Å². The molecule has 0 unspecified atom stereocenters. The highest BCUT2D eigenvalue weighted by atomic mass is 32.2. The normalized spacial score (nSPS) is 10.9. The number of thioether (sulfide) groups is 1. The molecule has 0 aromatic carbocycles. The van der Waals surface area contributed by atoms with Crippen molar-refractivity contribution in [2.75, 3.05) is 0 Å². The van der Waals surface area contributed by atoms with E-state index in [9.17, 15) is 4.79 Å². The average Bonchev–Trinajstić information content (AvgIpc) is 2.89. The third kappa shape index (κ3) is 2.29. The quantitative estimate of drug-likeness (QED) is 0.548. The zero-order chi connectivity index (χ0) is 13.2. The lowest BCUT2D eigenvalue weighted by atomic mass is 10.4. The van der Waals surface area contributed by atoms with Gasteiger partial charge in [0, 0.05) is 6.07 Å². The maximum Gasteiger partial charge on any atom is 0.226 e. The highest BCUT2D eigenvalue weighted by Crippen LogP contribution is 2.25. The Morgan fingerprint density at radius 1 is 1.37 bits per heavy atom. The maximum atomic E-state index is 11.3. The fourth-order valence-corrected chi connectivity index (χ4v) is 2.36. The van der Waals surface area contributed by atoms with E-state index >= 15 is 0 Å². The number of fused-ring (bicyclic) bond motifs is 1. The summed E-state index contributed by atoms with van der Waals surface area (Å²) in [5.74, 6) is 0.478. The van der Waals surface area contributed by atoms with Crippen LogP contribution >= 0.6 is 11.8 Å². The molecule has 0 aliphatic rings. The Balaban J connectivity index is 1.84. The van der Waals surface area contributed by atoms with Gasteiger partial charge < -0.3 is 14.5 Å². The van der Waals surface area contributed by atoms with Gasteiger partial charge in [-0.2, -0.15) is 0 Å². The first kappa shape index (κ1) is 11.7. The molecule has 96 valence electrons. The van der Waals surface area contributed by atoms with E-state index in [-0.39, 0.29) is 0 Å². The fraction of sp³-hybridized carbons (Fsp3) is 0.0909. The third-order valence-corrected chi connectivity index (χ3v) is 3.42. The minimum absolute atomic E-state index is 0.397. The monoisotopic (exact) mass is 276 g/mol. The van der Waals surface area contributed by atoms with E-state index in [0.717, 1.165) is 16.8 Å². The Labute approximate surface area is 110 Å². The van der Waals surface area contributed by atoms with Crippen LogP contribution in [0.3, 0.4) is 0 Å². The number of nitrogens with zero attached hydrogens (tertiary/aromatic N) is 3. The van der Waals surface area contributed by atoms with Crippen LogP contribution in [-0.4, -0.2) is 25.0 Å². The molecular weight excluding hydrogens is 268 g/mol. The molecule has 8 heteroatoms. The summed E-state index contributed by atoms with van der Waals surface area (Å²) in [4.78, 5) is 26.4. The van der Waals surface area contributed by atoms with Gasteiger partial charge in [0.25, 0.3) is 0 Å². The second-order valence-electron chi connectivity index (χ2n) is 3.66. The summed E-state index contributed by atoms with van der Waals surface area (Å²) < 4.78 is 5.11. The third-order valence-electron chi connectivity index (χ3n) is 2.41. The zero-order valence-electron chi connectivity index (χ0n) is 9.53. The van der Waals surface area contributed by atoms with E-state index < -0.39 is 11.2 Å². The van der Waals surface area contributed by atoms with Crippen molar-refractivity contribution >= 4 is 22.9 Å². The van der Waals surface area contributed by atoms with Gasteiger partial charge in [-0.15, -0.1) is 0 Å². The number of aromatic hydroxyl groups is 1. The van der Waals surface area contributed by atoms with Crippen molar-refractivity contribution in [1.29, 1.82) is 0 Å². The second kappa shape index (κ2) is 4.73. The number of aromatic nitrogens is 4. The molecule has 0 saturated carbocycles. The molecule has 0 saturated heterocycles. The largest absolute Gasteiger partial charge is 0.502 e. The second-order valence-corrected chi connectivity index (χ2v) is 4.63. The van der Waals surface area contributed by atoms with Crippen LogP contribution in [-0.2, 0) is 5.75 Å². The molecule has 19 heavy (non-hydrogen) atoms. The molecular formula is C11H8N4O3S. The number of nitrogens with one attached hydrogen (secondary N) is 1. The summed E-state index contributed by atoms with van der Waals surface area (Å²) in [6.45, 7) is 0. The number of hydrogen-bond donors (Lipinski definition) is 2. The summed E-state index contributed by atoms with van der Waals surface area (Å²) in [7, 11) is 0. The molecule has 0 amide bonds. The molecule has 0 atom stereocenters. The molecule has 0 bridgehead atoms. The van der Waals surface area contributed by atoms with Gasteiger partial charge in [-0.3, -0.25) is 4.79 Å². The smallest absolute Gasteiger partial charge is 0.226 e. The lowest BCUT2D eigenvalue weighted by Gasteiger charge is -2.01.